The minimum absolute atomic E-state index is 0.965. The van der Waals surface area contributed by atoms with Crippen LogP contribution in [0.3, 0.4) is 0 Å². The molecule has 1 rings (SSSR count). The minimum Gasteiger partial charge on any atom is -0.317 e. The Balaban J connectivity index is 2.26. The predicted molar refractivity (Wildman–Crippen MR) is 58.9 cm³/mol. The number of hydrogen-bond acceptors (Lipinski definition) is 1. The van der Waals surface area contributed by atoms with Crippen LogP contribution in [0.5, 0.6) is 0 Å². The summed E-state index contributed by atoms with van der Waals surface area (Å²) in [6.45, 7) is 6.91. The van der Waals surface area contributed by atoms with E-state index in [0.29, 0.717) is 0 Å². The molecule has 0 heterocycles. The average molecular weight is 183 g/mol. The van der Waals surface area contributed by atoms with Crippen molar-refractivity contribution in [3.63, 3.8) is 0 Å². The second-order valence-corrected chi connectivity index (χ2v) is 4.40. The van der Waals surface area contributed by atoms with Gasteiger partial charge in [0.05, 0.1) is 0 Å². The molecule has 0 saturated heterocycles. The van der Waals surface area contributed by atoms with Gasteiger partial charge in [-0.1, -0.05) is 46.0 Å². The highest BCUT2D eigenvalue weighted by molar-refractivity contribution is 4.76. The van der Waals surface area contributed by atoms with E-state index in [1.165, 1.54) is 45.1 Å². The molecular weight excluding hydrogens is 158 g/mol. The van der Waals surface area contributed by atoms with Crippen molar-refractivity contribution in [2.75, 3.05) is 13.1 Å². The Morgan fingerprint density at radius 3 is 2.46 bits per heavy atom. The van der Waals surface area contributed by atoms with Gasteiger partial charge < -0.3 is 5.32 Å². The standard InChI is InChI=1S/C12H25N/c1-3-7-12(10-13-4-2)11-8-5-6-9-11/h11-13H,3-10H2,1-2H3. The van der Waals surface area contributed by atoms with Crippen LogP contribution < -0.4 is 5.32 Å². The fourth-order valence-electron chi connectivity index (χ4n) is 2.63. The lowest BCUT2D eigenvalue weighted by atomic mass is 9.87. The number of hydrogen-bond donors (Lipinski definition) is 1. The summed E-state index contributed by atoms with van der Waals surface area (Å²) in [6, 6.07) is 0. The van der Waals surface area contributed by atoms with E-state index in [1.54, 1.807) is 0 Å². The molecule has 0 aliphatic heterocycles. The van der Waals surface area contributed by atoms with Crippen LogP contribution in [-0.2, 0) is 0 Å². The van der Waals surface area contributed by atoms with Gasteiger partial charge in [-0.05, 0) is 31.3 Å². The van der Waals surface area contributed by atoms with Gasteiger partial charge in [0, 0.05) is 0 Å². The van der Waals surface area contributed by atoms with E-state index >= 15 is 0 Å². The van der Waals surface area contributed by atoms with Crippen molar-refractivity contribution >= 4 is 0 Å². The van der Waals surface area contributed by atoms with Gasteiger partial charge in [-0.2, -0.15) is 0 Å². The van der Waals surface area contributed by atoms with Crippen molar-refractivity contribution in [3.8, 4) is 0 Å². The molecule has 0 radical (unpaired) electrons. The fourth-order valence-corrected chi connectivity index (χ4v) is 2.63. The van der Waals surface area contributed by atoms with Crippen LogP contribution in [0.4, 0.5) is 0 Å². The monoisotopic (exact) mass is 183 g/mol. The molecule has 0 aromatic rings. The van der Waals surface area contributed by atoms with Gasteiger partial charge in [0.25, 0.3) is 0 Å². The highest BCUT2D eigenvalue weighted by atomic mass is 14.8. The molecule has 0 aromatic carbocycles. The molecule has 0 spiro atoms. The molecule has 78 valence electrons. The van der Waals surface area contributed by atoms with E-state index < -0.39 is 0 Å². The van der Waals surface area contributed by atoms with Crippen molar-refractivity contribution in [1.29, 1.82) is 0 Å². The first-order chi connectivity index (χ1) is 6.38. The smallest absolute Gasteiger partial charge is 0.00180 e. The maximum absolute atomic E-state index is 3.51. The summed E-state index contributed by atoms with van der Waals surface area (Å²) in [5.41, 5.74) is 0. The number of nitrogens with one attached hydrogen (secondary N) is 1. The molecule has 1 nitrogen and oxygen atoms in total. The van der Waals surface area contributed by atoms with E-state index in [1.807, 2.05) is 0 Å². The second kappa shape index (κ2) is 6.42. The summed E-state index contributed by atoms with van der Waals surface area (Å²) < 4.78 is 0. The van der Waals surface area contributed by atoms with Gasteiger partial charge in [0.1, 0.15) is 0 Å². The second-order valence-electron chi connectivity index (χ2n) is 4.40. The van der Waals surface area contributed by atoms with Crippen LogP contribution in [0.2, 0.25) is 0 Å². The van der Waals surface area contributed by atoms with Crippen molar-refractivity contribution in [1.82, 2.24) is 5.32 Å². The van der Waals surface area contributed by atoms with Gasteiger partial charge in [-0.15, -0.1) is 0 Å². The Kier molecular flexibility index (Phi) is 5.45. The van der Waals surface area contributed by atoms with Crippen LogP contribution in [0.25, 0.3) is 0 Å². The molecule has 1 fully saturated rings. The van der Waals surface area contributed by atoms with Crippen molar-refractivity contribution in [2.24, 2.45) is 11.8 Å². The third kappa shape index (κ3) is 3.68. The third-order valence-corrected chi connectivity index (χ3v) is 3.38. The zero-order chi connectivity index (χ0) is 9.52. The van der Waals surface area contributed by atoms with Gasteiger partial charge in [-0.25, -0.2) is 0 Å². The Morgan fingerprint density at radius 2 is 1.92 bits per heavy atom. The van der Waals surface area contributed by atoms with Crippen LogP contribution in [0.15, 0.2) is 0 Å². The van der Waals surface area contributed by atoms with E-state index in [-0.39, 0.29) is 0 Å². The minimum atomic E-state index is 0.965. The predicted octanol–water partition coefficient (Wildman–Crippen LogP) is 3.20. The summed E-state index contributed by atoms with van der Waals surface area (Å²) >= 11 is 0. The molecule has 13 heavy (non-hydrogen) atoms. The molecule has 0 amide bonds. The van der Waals surface area contributed by atoms with Gasteiger partial charge in [-0.3, -0.25) is 0 Å². The Morgan fingerprint density at radius 1 is 1.23 bits per heavy atom. The molecule has 1 atom stereocenters. The number of rotatable bonds is 6. The average Bonchev–Trinajstić information content (AvgIpc) is 2.65. The van der Waals surface area contributed by atoms with Crippen molar-refractivity contribution < 1.29 is 0 Å². The maximum atomic E-state index is 3.51. The molecule has 1 heteroatoms. The first kappa shape index (κ1) is 11.0. The highest BCUT2D eigenvalue weighted by Gasteiger charge is 2.23. The van der Waals surface area contributed by atoms with E-state index in [0.717, 1.165) is 18.4 Å². The van der Waals surface area contributed by atoms with Crippen LogP contribution in [-0.4, -0.2) is 13.1 Å². The summed E-state index contributed by atoms with van der Waals surface area (Å²) in [5, 5.41) is 3.51. The summed E-state index contributed by atoms with van der Waals surface area (Å²) in [6.07, 6.45) is 8.74. The Labute approximate surface area is 83.3 Å². The van der Waals surface area contributed by atoms with Crippen molar-refractivity contribution in [3.05, 3.63) is 0 Å². The van der Waals surface area contributed by atoms with Crippen LogP contribution >= 0.6 is 0 Å². The van der Waals surface area contributed by atoms with Crippen molar-refractivity contribution in [2.45, 2.75) is 52.4 Å². The van der Waals surface area contributed by atoms with Crippen LogP contribution in [0.1, 0.15) is 52.4 Å². The normalized spacial score (nSPS) is 20.8. The lowest BCUT2D eigenvalue weighted by molar-refractivity contribution is 0.304. The van der Waals surface area contributed by atoms with E-state index in [9.17, 15) is 0 Å². The van der Waals surface area contributed by atoms with Crippen LogP contribution in [0, 0.1) is 11.8 Å². The molecule has 1 aliphatic carbocycles. The first-order valence-corrected chi connectivity index (χ1v) is 6.09. The molecular formula is C12H25N. The van der Waals surface area contributed by atoms with Gasteiger partial charge in [0.2, 0.25) is 0 Å². The largest absolute Gasteiger partial charge is 0.317 e. The maximum Gasteiger partial charge on any atom is -0.00180 e. The van der Waals surface area contributed by atoms with Gasteiger partial charge >= 0.3 is 0 Å². The fraction of sp³-hybridized carbons (Fsp3) is 1.00. The SMILES string of the molecule is CCCC(CNCC)C1CCCC1. The third-order valence-electron chi connectivity index (χ3n) is 3.38. The molecule has 0 aromatic heterocycles. The molecule has 1 saturated carbocycles. The molecule has 1 unspecified atom stereocenters. The molecule has 0 bridgehead atoms. The summed E-state index contributed by atoms with van der Waals surface area (Å²) in [7, 11) is 0. The van der Waals surface area contributed by atoms with E-state index in [2.05, 4.69) is 19.2 Å². The molecule has 1 N–H and O–H groups in total. The summed E-state index contributed by atoms with van der Waals surface area (Å²) in [4.78, 5) is 0. The summed E-state index contributed by atoms with van der Waals surface area (Å²) in [5.74, 6) is 2.01. The zero-order valence-corrected chi connectivity index (χ0v) is 9.31. The highest BCUT2D eigenvalue weighted by Crippen LogP contribution is 2.33. The Hall–Kier alpha value is -0.0400. The lowest BCUT2D eigenvalue weighted by Gasteiger charge is -2.23. The lowest BCUT2D eigenvalue weighted by Crippen LogP contribution is -2.27. The van der Waals surface area contributed by atoms with E-state index in [4.69, 9.17) is 0 Å². The zero-order valence-electron chi connectivity index (χ0n) is 9.31. The van der Waals surface area contributed by atoms with Gasteiger partial charge in [0.15, 0.2) is 0 Å². The topological polar surface area (TPSA) is 12.0 Å². The quantitative estimate of drug-likeness (QED) is 0.667. The first-order valence-electron chi connectivity index (χ1n) is 6.09. The molecule has 1 aliphatic rings. The Bertz CT molecular complexity index is 116.